The van der Waals surface area contributed by atoms with Gasteiger partial charge in [-0.25, -0.2) is 17.9 Å². The van der Waals surface area contributed by atoms with E-state index < -0.39 is 10.0 Å². The highest BCUT2D eigenvalue weighted by Gasteiger charge is 2.11. The van der Waals surface area contributed by atoms with Gasteiger partial charge in [0.15, 0.2) is 0 Å². The van der Waals surface area contributed by atoms with Gasteiger partial charge in [0.05, 0.1) is 10.6 Å². The Morgan fingerprint density at radius 2 is 1.61 bits per heavy atom. The third-order valence-electron chi connectivity index (χ3n) is 3.54. The molecule has 0 saturated heterocycles. The largest absolute Gasteiger partial charge is 0.316 e. The smallest absolute Gasteiger partial charge is 0.238 e. The average molecular weight is 330 g/mol. The molecule has 0 unspecified atom stereocenters. The van der Waals surface area contributed by atoms with E-state index >= 15 is 0 Å². The maximum absolute atomic E-state index is 13.1. The van der Waals surface area contributed by atoms with Crippen molar-refractivity contribution in [3.8, 4) is 16.9 Å². The zero-order valence-electron chi connectivity index (χ0n) is 12.4. The predicted molar refractivity (Wildman–Crippen MR) is 87.3 cm³/mol. The molecule has 3 rings (SSSR count). The summed E-state index contributed by atoms with van der Waals surface area (Å²) in [4.78, 5) is 0.0634. The second-order valence-corrected chi connectivity index (χ2v) is 6.88. The molecule has 0 aliphatic heterocycles. The molecule has 4 nitrogen and oxygen atoms in total. The Kier molecular flexibility index (Phi) is 3.79. The molecule has 1 aromatic heterocycles. The van der Waals surface area contributed by atoms with E-state index in [4.69, 9.17) is 5.14 Å². The zero-order chi connectivity index (χ0) is 16.6. The summed E-state index contributed by atoms with van der Waals surface area (Å²) < 4.78 is 37.7. The summed E-state index contributed by atoms with van der Waals surface area (Å²) in [6, 6.07) is 14.5. The molecule has 0 aliphatic carbocycles. The van der Waals surface area contributed by atoms with Gasteiger partial charge in [-0.2, -0.15) is 0 Å². The molecule has 0 saturated carbocycles. The number of primary sulfonamides is 1. The lowest BCUT2D eigenvalue weighted by Gasteiger charge is -2.10. The Bertz CT molecular complexity index is 943. The highest BCUT2D eigenvalue weighted by Crippen LogP contribution is 2.26. The first-order valence-electron chi connectivity index (χ1n) is 6.93. The van der Waals surface area contributed by atoms with Crippen LogP contribution in [0.5, 0.6) is 0 Å². The minimum Gasteiger partial charge on any atom is -0.316 e. The molecule has 0 aliphatic rings. The predicted octanol–water partition coefficient (Wildman–Crippen LogP) is 3.24. The Morgan fingerprint density at radius 1 is 1.00 bits per heavy atom. The molecule has 0 bridgehead atoms. The lowest BCUT2D eigenvalue weighted by molar-refractivity contribution is 0.598. The number of benzene rings is 2. The molecular weight excluding hydrogens is 315 g/mol. The number of aromatic nitrogens is 1. The molecule has 1 heterocycles. The van der Waals surface area contributed by atoms with Gasteiger partial charge in [-0.15, -0.1) is 0 Å². The first-order valence-corrected chi connectivity index (χ1v) is 8.47. The van der Waals surface area contributed by atoms with E-state index in [1.165, 1.54) is 24.3 Å². The summed E-state index contributed by atoms with van der Waals surface area (Å²) in [6.45, 7) is 1.96. The number of hydrogen-bond acceptors (Lipinski definition) is 2. The van der Waals surface area contributed by atoms with E-state index in [-0.39, 0.29) is 10.7 Å². The van der Waals surface area contributed by atoms with Gasteiger partial charge in [0.1, 0.15) is 5.82 Å². The minimum atomic E-state index is -3.71. The minimum absolute atomic E-state index is 0.0634. The van der Waals surface area contributed by atoms with Crippen LogP contribution in [0.4, 0.5) is 4.39 Å². The monoisotopic (exact) mass is 330 g/mol. The molecule has 23 heavy (non-hydrogen) atoms. The van der Waals surface area contributed by atoms with E-state index in [1.54, 1.807) is 24.3 Å². The number of halogens is 1. The Morgan fingerprint density at radius 3 is 2.17 bits per heavy atom. The van der Waals surface area contributed by atoms with Gasteiger partial charge in [-0.05, 0) is 72.6 Å². The standard InChI is InChI=1S/C17H15FN2O2S/c1-12-10-17(13-2-4-14(18)5-3-13)20(11-12)15-6-8-16(9-7-15)23(19,21)22/h2-11H,1H3,(H2,19,21,22). The molecule has 2 N–H and O–H groups in total. The van der Waals surface area contributed by atoms with Crippen LogP contribution in [0.1, 0.15) is 5.56 Å². The molecule has 6 heteroatoms. The van der Waals surface area contributed by atoms with Crippen LogP contribution in [0.25, 0.3) is 16.9 Å². The first-order chi connectivity index (χ1) is 10.8. The van der Waals surface area contributed by atoms with E-state index in [9.17, 15) is 12.8 Å². The van der Waals surface area contributed by atoms with Crippen molar-refractivity contribution in [2.45, 2.75) is 11.8 Å². The quantitative estimate of drug-likeness (QED) is 0.801. The SMILES string of the molecule is Cc1cc(-c2ccc(F)cc2)n(-c2ccc(S(N)(=O)=O)cc2)c1. The van der Waals surface area contributed by atoms with Gasteiger partial charge in [0.25, 0.3) is 0 Å². The summed E-state index contributed by atoms with van der Waals surface area (Å²) in [5.74, 6) is -0.291. The summed E-state index contributed by atoms with van der Waals surface area (Å²) in [5.41, 5.74) is 3.60. The Balaban J connectivity index is 2.09. The van der Waals surface area contributed by atoms with Crippen molar-refractivity contribution in [3.63, 3.8) is 0 Å². The molecule has 0 spiro atoms. The maximum atomic E-state index is 13.1. The fourth-order valence-corrected chi connectivity index (χ4v) is 2.96. The lowest BCUT2D eigenvalue weighted by Crippen LogP contribution is -2.12. The molecule has 0 fully saturated rings. The van der Waals surface area contributed by atoms with Crippen LogP contribution in [0, 0.1) is 12.7 Å². The molecule has 118 valence electrons. The van der Waals surface area contributed by atoms with Gasteiger partial charge in [-0.1, -0.05) is 0 Å². The van der Waals surface area contributed by atoms with Gasteiger partial charge < -0.3 is 4.57 Å². The van der Waals surface area contributed by atoms with Crippen molar-refractivity contribution >= 4 is 10.0 Å². The summed E-state index contributed by atoms with van der Waals surface area (Å²) in [5, 5.41) is 5.11. The third-order valence-corrected chi connectivity index (χ3v) is 4.47. The number of hydrogen-bond donors (Lipinski definition) is 1. The van der Waals surface area contributed by atoms with E-state index in [2.05, 4.69) is 0 Å². The summed E-state index contributed by atoms with van der Waals surface area (Å²) >= 11 is 0. The topological polar surface area (TPSA) is 65.1 Å². The summed E-state index contributed by atoms with van der Waals surface area (Å²) in [6.07, 6.45) is 1.94. The summed E-state index contributed by atoms with van der Waals surface area (Å²) in [7, 11) is -3.71. The van der Waals surface area contributed by atoms with Crippen molar-refractivity contribution in [2.24, 2.45) is 5.14 Å². The van der Waals surface area contributed by atoms with Gasteiger partial charge in [0, 0.05) is 11.9 Å². The number of nitrogens with zero attached hydrogens (tertiary/aromatic N) is 1. The fraction of sp³-hybridized carbons (Fsp3) is 0.0588. The van der Waals surface area contributed by atoms with Crippen LogP contribution in [0.2, 0.25) is 0 Å². The van der Waals surface area contributed by atoms with Gasteiger partial charge in [-0.3, -0.25) is 0 Å². The highest BCUT2D eigenvalue weighted by molar-refractivity contribution is 7.89. The van der Waals surface area contributed by atoms with E-state index in [0.717, 1.165) is 22.5 Å². The second-order valence-electron chi connectivity index (χ2n) is 5.32. The number of aryl methyl sites for hydroxylation is 1. The van der Waals surface area contributed by atoms with Crippen molar-refractivity contribution in [3.05, 3.63) is 72.2 Å². The maximum Gasteiger partial charge on any atom is 0.238 e. The second kappa shape index (κ2) is 5.64. The van der Waals surface area contributed by atoms with Crippen LogP contribution >= 0.6 is 0 Å². The average Bonchev–Trinajstić information content (AvgIpc) is 2.89. The lowest BCUT2D eigenvalue weighted by atomic mass is 10.1. The molecule has 0 amide bonds. The molecule has 0 radical (unpaired) electrons. The van der Waals surface area contributed by atoms with Gasteiger partial charge in [0.2, 0.25) is 10.0 Å². The van der Waals surface area contributed by atoms with Crippen molar-refractivity contribution in [2.75, 3.05) is 0 Å². The zero-order valence-corrected chi connectivity index (χ0v) is 13.2. The number of nitrogens with two attached hydrogens (primary N) is 1. The molecule has 2 aromatic carbocycles. The highest BCUT2D eigenvalue weighted by atomic mass is 32.2. The van der Waals surface area contributed by atoms with Crippen LogP contribution in [0.3, 0.4) is 0 Å². The Hall–Kier alpha value is -2.44. The third kappa shape index (κ3) is 3.18. The number of sulfonamides is 1. The van der Waals surface area contributed by atoms with E-state index in [0.29, 0.717) is 0 Å². The van der Waals surface area contributed by atoms with Crippen LogP contribution in [-0.4, -0.2) is 13.0 Å². The fourth-order valence-electron chi connectivity index (χ4n) is 2.45. The number of rotatable bonds is 3. The van der Waals surface area contributed by atoms with Crippen molar-refractivity contribution < 1.29 is 12.8 Å². The van der Waals surface area contributed by atoms with Crippen molar-refractivity contribution in [1.29, 1.82) is 0 Å². The van der Waals surface area contributed by atoms with Crippen molar-refractivity contribution in [1.82, 2.24) is 4.57 Å². The normalized spacial score (nSPS) is 11.6. The van der Waals surface area contributed by atoms with E-state index in [1.807, 2.05) is 23.8 Å². The molecule has 0 atom stereocenters. The van der Waals surface area contributed by atoms with Crippen LogP contribution in [-0.2, 0) is 10.0 Å². The van der Waals surface area contributed by atoms with Gasteiger partial charge >= 0.3 is 0 Å². The molecular formula is C17H15FN2O2S. The Labute approximate surface area is 134 Å². The first kappa shape index (κ1) is 15.5. The van der Waals surface area contributed by atoms with Crippen LogP contribution in [0.15, 0.2) is 65.7 Å². The molecule has 3 aromatic rings. The van der Waals surface area contributed by atoms with Crippen LogP contribution < -0.4 is 5.14 Å².